The van der Waals surface area contributed by atoms with Crippen molar-refractivity contribution in [2.24, 2.45) is 0 Å². The molecule has 2 amide bonds. The Hall–Kier alpha value is -5.10. The van der Waals surface area contributed by atoms with Gasteiger partial charge < -0.3 is 19.9 Å². The monoisotopic (exact) mass is 539 g/mol. The quantitative estimate of drug-likeness (QED) is 0.319. The summed E-state index contributed by atoms with van der Waals surface area (Å²) in [5.74, 6) is 0.601. The Bertz CT molecular complexity index is 1680. The lowest BCUT2D eigenvalue weighted by Gasteiger charge is -2.28. The second-order valence-corrected chi connectivity index (χ2v) is 10.6. The van der Waals surface area contributed by atoms with Gasteiger partial charge in [-0.3, -0.25) is 9.59 Å². The molecule has 3 aliphatic rings. The first-order valence-corrected chi connectivity index (χ1v) is 13.9. The van der Waals surface area contributed by atoms with Crippen LogP contribution < -0.4 is 10.1 Å². The third-order valence-electron chi connectivity index (χ3n) is 7.93. The number of ether oxygens (including phenoxy) is 1. The minimum atomic E-state index is -0.268. The molecule has 4 aromatic rings. The summed E-state index contributed by atoms with van der Waals surface area (Å²) >= 11 is 0. The van der Waals surface area contributed by atoms with Crippen molar-refractivity contribution in [3.63, 3.8) is 0 Å². The standard InChI is InChI=1S/C35H29N3O3/c39-34-32(36-26-16-8-3-9-17-26)28(22-37(34)20-24-12-4-1-5-13-24)31-27-18-10-11-19-30(27)41-33-29(31)23-38(35(33)40)21-25-14-6-2-7-15-25/h1-19,31,36H,20-23H2. The van der Waals surface area contributed by atoms with E-state index in [2.05, 4.69) is 5.32 Å². The van der Waals surface area contributed by atoms with Crippen LogP contribution >= 0.6 is 0 Å². The predicted molar refractivity (Wildman–Crippen MR) is 158 cm³/mol. The zero-order valence-electron chi connectivity index (χ0n) is 22.5. The van der Waals surface area contributed by atoms with Crippen LogP contribution in [0.4, 0.5) is 5.69 Å². The highest BCUT2D eigenvalue weighted by Gasteiger charge is 2.45. The normalized spacial score (nSPS) is 18.0. The van der Waals surface area contributed by atoms with Gasteiger partial charge in [-0.1, -0.05) is 97.1 Å². The fourth-order valence-electron chi connectivity index (χ4n) is 6.02. The van der Waals surface area contributed by atoms with Gasteiger partial charge in [0.2, 0.25) is 0 Å². The number of benzene rings is 4. The summed E-state index contributed by atoms with van der Waals surface area (Å²) in [6, 6.07) is 37.7. The lowest BCUT2D eigenvalue weighted by atomic mass is 9.82. The number of nitrogens with zero attached hydrogens (tertiary/aromatic N) is 2. The van der Waals surface area contributed by atoms with Crippen LogP contribution in [0.15, 0.2) is 138 Å². The van der Waals surface area contributed by atoms with E-state index in [-0.39, 0.29) is 17.7 Å². The Morgan fingerprint density at radius 1 is 0.634 bits per heavy atom. The number of carbonyl (C=O) groups excluding carboxylic acids is 2. The zero-order chi connectivity index (χ0) is 27.8. The summed E-state index contributed by atoms with van der Waals surface area (Å²) < 4.78 is 6.28. The van der Waals surface area contributed by atoms with Crippen LogP contribution in [-0.4, -0.2) is 34.7 Å². The lowest BCUT2D eigenvalue weighted by molar-refractivity contribution is -0.128. The van der Waals surface area contributed by atoms with Crippen molar-refractivity contribution < 1.29 is 14.3 Å². The second-order valence-electron chi connectivity index (χ2n) is 10.6. The first kappa shape index (κ1) is 24.9. The number of fused-ring (bicyclic) bond motifs is 1. The SMILES string of the molecule is O=C1C(Nc2ccccc2)=C(C2C3=C(Oc4ccccc42)C(=O)N(Cc2ccccc2)C3)CN1Cc1ccccc1. The summed E-state index contributed by atoms with van der Waals surface area (Å²) in [6.07, 6.45) is 0. The number of hydrogen-bond acceptors (Lipinski definition) is 4. The van der Waals surface area contributed by atoms with Crippen LogP contribution in [0.1, 0.15) is 22.6 Å². The van der Waals surface area contributed by atoms with E-state index >= 15 is 0 Å². The maximum Gasteiger partial charge on any atom is 0.290 e. The van der Waals surface area contributed by atoms with Crippen LogP contribution in [0.2, 0.25) is 0 Å². The Labute approximate surface area is 239 Å². The highest BCUT2D eigenvalue weighted by Crippen LogP contribution is 2.48. The Balaban J connectivity index is 1.30. The number of carbonyl (C=O) groups is 2. The van der Waals surface area contributed by atoms with Gasteiger partial charge in [0.15, 0.2) is 5.76 Å². The van der Waals surface area contributed by atoms with E-state index in [1.807, 2.05) is 125 Å². The first-order chi connectivity index (χ1) is 20.2. The molecule has 0 fully saturated rings. The van der Waals surface area contributed by atoms with Crippen LogP contribution in [0, 0.1) is 0 Å². The Morgan fingerprint density at radius 2 is 1.17 bits per heavy atom. The number of amides is 2. The third kappa shape index (κ3) is 4.67. The van der Waals surface area contributed by atoms with Crippen molar-refractivity contribution in [3.8, 4) is 5.75 Å². The van der Waals surface area contributed by atoms with Crippen LogP contribution in [0.25, 0.3) is 0 Å². The van der Waals surface area contributed by atoms with Crippen molar-refractivity contribution in [1.29, 1.82) is 0 Å². The van der Waals surface area contributed by atoms with Crippen molar-refractivity contribution in [2.45, 2.75) is 19.0 Å². The van der Waals surface area contributed by atoms with Gasteiger partial charge in [0.05, 0.1) is 0 Å². The minimum Gasteiger partial charge on any atom is -0.451 e. The second kappa shape index (κ2) is 10.5. The molecule has 3 heterocycles. The maximum absolute atomic E-state index is 14.0. The van der Waals surface area contributed by atoms with Gasteiger partial charge in [-0.2, -0.15) is 0 Å². The number of nitrogens with one attached hydrogen (secondary N) is 1. The molecule has 3 aliphatic heterocycles. The fraction of sp³-hybridized carbons (Fsp3) is 0.143. The van der Waals surface area contributed by atoms with Gasteiger partial charge in [0, 0.05) is 48.9 Å². The van der Waals surface area contributed by atoms with Gasteiger partial charge in [-0.05, 0) is 34.9 Å². The van der Waals surface area contributed by atoms with Gasteiger partial charge >= 0.3 is 0 Å². The van der Waals surface area contributed by atoms with Crippen LogP contribution in [0.5, 0.6) is 5.75 Å². The highest BCUT2D eigenvalue weighted by molar-refractivity contribution is 6.01. The molecule has 7 rings (SSSR count). The minimum absolute atomic E-state index is 0.0516. The fourth-order valence-corrected chi connectivity index (χ4v) is 6.02. The van der Waals surface area contributed by atoms with E-state index in [1.165, 1.54) is 0 Å². The topological polar surface area (TPSA) is 61.9 Å². The molecule has 6 heteroatoms. The molecule has 0 aromatic heterocycles. The predicted octanol–water partition coefficient (Wildman–Crippen LogP) is 5.87. The van der Waals surface area contributed by atoms with Crippen molar-refractivity contribution in [3.05, 3.63) is 155 Å². The van der Waals surface area contributed by atoms with Gasteiger partial charge in [-0.15, -0.1) is 0 Å². The molecular formula is C35H29N3O3. The van der Waals surface area contributed by atoms with Gasteiger partial charge in [-0.25, -0.2) is 0 Å². The van der Waals surface area contributed by atoms with Gasteiger partial charge in [0.25, 0.3) is 11.8 Å². The van der Waals surface area contributed by atoms with E-state index < -0.39 is 0 Å². The van der Waals surface area contributed by atoms with Crippen molar-refractivity contribution in [1.82, 2.24) is 9.80 Å². The Kier molecular flexibility index (Phi) is 6.36. The maximum atomic E-state index is 14.0. The molecule has 202 valence electrons. The first-order valence-electron chi connectivity index (χ1n) is 13.9. The Morgan fingerprint density at radius 3 is 1.83 bits per heavy atom. The van der Waals surface area contributed by atoms with Crippen molar-refractivity contribution >= 4 is 17.5 Å². The van der Waals surface area contributed by atoms with Crippen LogP contribution in [0.3, 0.4) is 0 Å². The molecule has 6 nitrogen and oxygen atoms in total. The smallest absolute Gasteiger partial charge is 0.290 e. The zero-order valence-corrected chi connectivity index (χ0v) is 22.5. The van der Waals surface area contributed by atoms with E-state index in [9.17, 15) is 9.59 Å². The molecule has 4 aromatic carbocycles. The van der Waals surface area contributed by atoms with Crippen molar-refractivity contribution in [2.75, 3.05) is 18.4 Å². The average Bonchev–Trinajstić information content (AvgIpc) is 3.48. The third-order valence-corrected chi connectivity index (χ3v) is 7.93. The molecular weight excluding hydrogens is 510 g/mol. The highest BCUT2D eigenvalue weighted by atomic mass is 16.5. The summed E-state index contributed by atoms with van der Waals surface area (Å²) in [5, 5.41) is 3.45. The molecule has 0 saturated heterocycles. The molecule has 0 bridgehead atoms. The van der Waals surface area contributed by atoms with Gasteiger partial charge in [0.1, 0.15) is 11.4 Å². The van der Waals surface area contributed by atoms with E-state index in [4.69, 9.17) is 4.74 Å². The molecule has 1 N–H and O–H groups in total. The molecule has 41 heavy (non-hydrogen) atoms. The number of para-hydroxylation sites is 2. The molecule has 1 unspecified atom stereocenters. The molecule has 0 aliphatic carbocycles. The summed E-state index contributed by atoms with van der Waals surface area (Å²) in [6.45, 7) is 1.88. The number of rotatable bonds is 7. The summed E-state index contributed by atoms with van der Waals surface area (Å²) in [5.41, 5.74) is 6.36. The molecule has 0 radical (unpaired) electrons. The van der Waals surface area contributed by atoms with E-state index in [0.29, 0.717) is 43.4 Å². The average molecular weight is 540 g/mol. The number of anilines is 1. The number of hydrogen-bond donors (Lipinski definition) is 1. The van der Waals surface area contributed by atoms with Crippen LogP contribution in [-0.2, 0) is 22.7 Å². The van der Waals surface area contributed by atoms with E-state index in [1.54, 1.807) is 0 Å². The largest absolute Gasteiger partial charge is 0.451 e. The van der Waals surface area contributed by atoms with E-state index in [0.717, 1.165) is 33.5 Å². The summed E-state index contributed by atoms with van der Waals surface area (Å²) in [7, 11) is 0. The molecule has 0 saturated carbocycles. The molecule has 1 atom stereocenters. The lowest BCUT2D eigenvalue weighted by Crippen LogP contribution is -2.28. The summed E-state index contributed by atoms with van der Waals surface area (Å²) in [4.78, 5) is 31.4. The molecule has 0 spiro atoms.